The second-order valence-electron chi connectivity index (χ2n) is 7.10. The zero-order valence-electron chi connectivity index (χ0n) is 16.3. The fraction of sp³-hybridized carbons (Fsp3) is 0.318. The molecular weight excluding hydrogens is 371 g/mol. The van der Waals surface area contributed by atoms with E-state index < -0.39 is 0 Å². The van der Waals surface area contributed by atoms with Crippen LogP contribution in [-0.2, 0) is 16.1 Å². The minimum Gasteiger partial charge on any atom is -0.368 e. The van der Waals surface area contributed by atoms with Crippen molar-refractivity contribution in [2.24, 2.45) is 0 Å². The van der Waals surface area contributed by atoms with Gasteiger partial charge in [0, 0.05) is 48.7 Å². The SMILES string of the molecule is Cc1ccnn1CCC(=O)N1CCO[C@H](c2ccc(-c3ccccc3F)cn2)C1. The number of benzene rings is 1. The Balaban J connectivity index is 1.39. The lowest BCUT2D eigenvalue weighted by atomic mass is 10.1. The summed E-state index contributed by atoms with van der Waals surface area (Å²) in [5.74, 6) is -0.198. The third-order valence-corrected chi connectivity index (χ3v) is 5.19. The smallest absolute Gasteiger partial charge is 0.224 e. The number of pyridine rings is 1. The highest BCUT2D eigenvalue weighted by molar-refractivity contribution is 5.76. The van der Waals surface area contributed by atoms with E-state index >= 15 is 0 Å². The standard InChI is InChI=1S/C22H23FN4O2/c1-16-8-10-25-27(16)11-9-22(28)26-12-13-29-21(15-26)20-7-6-17(14-24-20)18-4-2-3-5-19(18)23/h2-8,10,14,21H,9,11-13,15H2,1H3/t21-/m0/s1. The summed E-state index contributed by atoms with van der Waals surface area (Å²) in [6.45, 7) is 4.03. The van der Waals surface area contributed by atoms with Gasteiger partial charge in [0.15, 0.2) is 0 Å². The molecule has 2 aromatic heterocycles. The molecule has 1 aromatic carbocycles. The molecule has 6 nitrogen and oxygen atoms in total. The van der Waals surface area contributed by atoms with Gasteiger partial charge in [-0.15, -0.1) is 0 Å². The summed E-state index contributed by atoms with van der Waals surface area (Å²) >= 11 is 0. The monoisotopic (exact) mass is 394 g/mol. The number of carbonyl (C=O) groups excluding carboxylic acids is 1. The first-order valence-electron chi connectivity index (χ1n) is 9.70. The lowest BCUT2D eigenvalue weighted by Gasteiger charge is -2.32. The molecule has 3 aromatic rings. The third-order valence-electron chi connectivity index (χ3n) is 5.19. The van der Waals surface area contributed by atoms with Gasteiger partial charge < -0.3 is 9.64 Å². The number of aryl methyl sites for hydroxylation is 2. The van der Waals surface area contributed by atoms with Crippen molar-refractivity contribution < 1.29 is 13.9 Å². The van der Waals surface area contributed by atoms with Crippen LogP contribution in [0.5, 0.6) is 0 Å². The third kappa shape index (κ3) is 4.35. The first kappa shape index (κ1) is 19.3. The molecule has 1 fully saturated rings. The summed E-state index contributed by atoms with van der Waals surface area (Å²) in [5.41, 5.74) is 3.01. The molecule has 0 bridgehead atoms. The number of morpholine rings is 1. The fourth-order valence-corrected chi connectivity index (χ4v) is 3.50. The van der Waals surface area contributed by atoms with E-state index in [4.69, 9.17) is 4.74 Å². The molecular formula is C22H23FN4O2. The number of amides is 1. The maximum atomic E-state index is 14.0. The van der Waals surface area contributed by atoms with Gasteiger partial charge in [-0.3, -0.25) is 14.5 Å². The van der Waals surface area contributed by atoms with E-state index in [0.717, 1.165) is 11.4 Å². The number of hydrogen-bond donors (Lipinski definition) is 0. The minimum absolute atomic E-state index is 0.0798. The molecule has 0 N–H and O–H groups in total. The predicted molar refractivity (Wildman–Crippen MR) is 106 cm³/mol. The van der Waals surface area contributed by atoms with Gasteiger partial charge in [-0.2, -0.15) is 5.10 Å². The van der Waals surface area contributed by atoms with Crippen LogP contribution in [0.2, 0.25) is 0 Å². The van der Waals surface area contributed by atoms with Crippen molar-refractivity contribution in [3.8, 4) is 11.1 Å². The maximum absolute atomic E-state index is 14.0. The van der Waals surface area contributed by atoms with Crippen molar-refractivity contribution in [3.63, 3.8) is 0 Å². The van der Waals surface area contributed by atoms with Crippen LogP contribution in [-0.4, -0.2) is 45.3 Å². The molecule has 7 heteroatoms. The summed E-state index contributed by atoms with van der Waals surface area (Å²) < 4.78 is 21.6. The first-order chi connectivity index (χ1) is 14.1. The van der Waals surface area contributed by atoms with Gasteiger partial charge in [-0.05, 0) is 25.1 Å². The van der Waals surface area contributed by atoms with Gasteiger partial charge in [0.25, 0.3) is 0 Å². The summed E-state index contributed by atoms with van der Waals surface area (Å²) in [6, 6.07) is 12.2. The van der Waals surface area contributed by atoms with Crippen LogP contribution in [0.15, 0.2) is 54.9 Å². The second kappa shape index (κ2) is 8.53. The number of aromatic nitrogens is 3. The number of hydrogen-bond acceptors (Lipinski definition) is 4. The highest BCUT2D eigenvalue weighted by Crippen LogP contribution is 2.25. The Morgan fingerprint density at radius 2 is 2.10 bits per heavy atom. The van der Waals surface area contributed by atoms with Gasteiger partial charge in [-0.25, -0.2) is 4.39 Å². The van der Waals surface area contributed by atoms with Gasteiger partial charge in [0.1, 0.15) is 11.9 Å². The Labute approximate surface area is 168 Å². The van der Waals surface area contributed by atoms with E-state index in [2.05, 4.69) is 10.1 Å². The van der Waals surface area contributed by atoms with Gasteiger partial charge in [0.05, 0.1) is 18.8 Å². The van der Waals surface area contributed by atoms with Crippen molar-refractivity contribution in [2.45, 2.75) is 26.0 Å². The van der Waals surface area contributed by atoms with Crippen LogP contribution in [0.4, 0.5) is 4.39 Å². The Morgan fingerprint density at radius 3 is 2.83 bits per heavy atom. The molecule has 1 amide bonds. The number of rotatable bonds is 5. The number of halogens is 1. The molecule has 0 radical (unpaired) electrons. The van der Waals surface area contributed by atoms with E-state index in [1.54, 1.807) is 30.6 Å². The normalized spacial score (nSPS) is 16.8. The number of carbonyl (C=O) groups is 1. The largest absolute Gasteiger partial charge is 0.368 e. The molecule has 29 heavy (non-hydrogen) atoms. The molecule has 1 aliphatic heterocycles. The van der Waals surface area contributed by atoms with Crippen LogP contribution in [0, 0.1) is 12.7 Å². The highest BCUT2D eigenvalue weighted by Gasteiger charge is 2.26. The number of nitrogens with zero attached hydrogens (tertiary/aromatic N) is 4. The summed E-state index contributed by atoms with van der Waals surface area (Å²) in [5, 5.41) is 4.22. The second-order valence-corrected chi connectivity index (χ2v) is 7.10. The summed E-state index contributed by atoms with van der Waals surface area (Å²) in [6.07, 6.45) is 3.50. The van der Waals surface area contributed by atoms with Crippen molar-refractivity contribution in [3.05, 3.63) is 72.1 Å². The van der Waals surface area contributed by atoms with E-state index in [-0.39, 0.29) is 17.8 Å². The van der Waals surface area contributed by atoms with Crippen molar-refractivity contribution in [1.29, 1.82) is 0 Å². The average molecular weight is 394 g/mol. The Hall–Kier alpha value is -3.06. The van der Waals surface area contributed by atoms with Gasteiger partial charge in [-0.1, -0.05) is 24.3 Å². The average Bonchev–Trinajstić information content (AvgIpc) is 3.17. The molecule has 0 saturated carbocycles. The molecule has 3 heterocycles. The van der Waals surface area contributed by atoms with E-state index in [1.807, 2.05) is 34.7 Å². The van der Waals surface area contributed by atoms with Crippen LogP contribution in [0.1, 0.15) is 23.9 Å². The zero-order valence-corrected chi connectivity index (χ0v) is 16.3. The van der Waals surface area contributed by atoms with E-state index in [9.17, 15) is 9.18 Å². The van der Waals surface area contributed by atoms with E-state index in [0.29, 0.717) is 43.8 Å². The maximum Gasteiger partial charge on any atom is 0.224 e. The molecule has 0 unspecified atom stereocenters. The van der Waals surface area contributed by atoms with Crippen molar-refractivity contribution >= 4 is 5.91 Å². The molecule has 1 saturated heterocycles. The molecule has 1 atom stereocenters. The topological polar surface area (TPSA) is 60.2 Å². The van der Waals surface area contributed by atoms with Crippen molar-refractivity contribution in [1.82, 2.24) is 19.7 Å². The van der Waals surface area contributed by atoms with Crippen LogP contribution >= 0.6 is 0 Å². The Kier molecular flexibility index (Phi) is 5.67. The number of ether oxygens (including phenoxy) is 1. The Bertz CT molecular complexity index is 986. The molecule has 0 spiro atoms. The van der Waals surface area contributed by atoms with Crippen molar-refractivity contribution in [2.75, 3.05) is 19.7 Å². The minimum atomic E-state index is -0.284. The molecule has 1 aliphatic rings. The van der Waals surface area contributed by atoms with E-state index in [1.165, 1.54) is 6.07 Å². The van der Waals surface area contributed by atoms with Gasteiger partial charge >= 0.3 is 0 Å². The highest BCUT2D eigenvalue weighted by atomic mass is 19.1. The van der Waals surface area contributed by atoms with Crippen LogP contribution in [0.25, 0.3) is 11.1 Å². The quantitative estimate of drug-likeness (QED) is 0.666. The summed E-state index contributed by atoms with van der Waals surface area (Å²) in [4.78, 5) is 18.9. The summed E-state index contributed by atoms with van der Waals surface area (Å²) in [7, 11) is 0. The zero-order chi connectivity index (χ0) is 20.2. The fourth-order valence-electron chi connectivity index (χ4n) is 3.50. The Morgan fingerprint density at radius 1 is 1.24 bits per heavy atom. The molecule has 150 valence electrons. The predicted octanol–water partition coefficient (Wildman–Crippen LogP) is 3.38. The van der Waals surface area contributed by atoms with Gasteiger partial charge in [0.2, 0.25) is 5.91 Å². The van der Waals surface area contributed by atoms with Crippen LogP contribution in [0.3, 0.4) is 0 Å². The first-order valence-corrected chi connectivity index (χ1v) is 9.70. The molecule has 4 rings (SSSR count). The lowest BCUT2D eigenvalue weighted by molar-refractivity contribution is -0.139. The lowest BCUT2D eigenvalue weighted by Crippen LogP contribution is -2.42. The van der Waals surface area contributed by atoms with Crippen LogP contribution < -0.4 is 0 Å². The molecule has 0 aliphatic carbocycles.